The van der Waals surface area contributed by atoms with E-state index < -0.39 is 11.6 Å². The number of amides is 1. The minimum Gasteiger partial charge on any atom is -0.337 e. The number of carbonyl (C=O) groups excluding carboxylic acids is 1. The molecule has 2 saturated heterocycles. The van der Waals surface area contributed by atoms with Crippen molar-refractivity contribution in [3.8, 4) is 0 Å². The Hall–Kier alpha value is -1.51. The zero-order valence-corrected chi connectivity index (χ0v) is 20.6. The lowest BCUT2D eigenvalue weighted by Crippen LogP contribution is -2.64. The monoisotopic (exact) mass is 482 g/mol. The largest absolute Gasteiger partial charge is 0.337 e. The second-order valence-corrected chi connectivity index (χ2v) is 12.1. The molecule has 1 amide bonds. The summed E-state index contributed by atoms with van der Waals surface area (Å²) in [5.74, 6) is 1.58. The fourth-order valence-corrected chi connectivity index (χ4v) is 8.11. The Balaban J connectivity index is 0.959. The van der Waals surface area contributed by atoms with E-state index in [4.69, 9.17) is 19.6 Å². The van der Waals surface area contributed by atoms with Crippen LogP contribution in [0, 0.1) is 23.7 Å². The van der Waals surface area contributed by atoms with Crippen molar-refractivity contribution < 1.29 is 24.3 Å². The van der Waals surface area contributed by atoms with Crippen LogP contribution in [0.15, 0.2) is 24.3 Å². The van der Waals surface area contributed by atoms with Crippen molar-refractivity contribution in [2.75, 3.05) is 26.2 Å². The second kappa shape index (κ2) is 8.80. The summed E-state index contributed by atoms with van der Waals surface area (Å²) in [6, 6.07) is 8.25. The molecular formula is C28H38N2O5. The molecule has 7 fully saturated rings. The minimum absolute atomic E-state index is 0.139. The van der Waals surface area contributed by atoms with Crippen LogP contribution in [0.4, 0.5) is 0 Å². The molecule has 1 aromatic rings. The molecule has 1 N–H and O–H groups in total. The minimum atomic E-state index is -0.785. The average Bonchev–Trinajstić information content (AvgIpc) is 3.18. The number of nitrogens with one attached hydrogen (secondary N) is 1. The normalized spacial score (nSPS) is 43.0. The SMILES string of the molecule is O=C(c1ccc(C2CCC3(CC2)OOC2(OO3)C3CC4CC(C3)CC2C4)cc1)N1CCCNCC1. The first-order chi connectivity index (χ1) is 17.1. The molecule has 35 heavy (non-hydrogen) atoms. The summed E-state index contributed by atoms with van der Waals surface area (Å²) in [6.07, 6.45) is 10.5. The van der Waals surface area contributed by atoms with Gasteiger partial charge >= 0.3 is 0 Å². The summed E-state index contributed by atoms with van der Waals surface area (Å²) in [4.78, 5) is 39.4. The average molecular weight is 483 g/mol. The quantitative estimate of drug-likeness (QED) is 0.625. The number of carbonyl (C=O) groups is 1. The molecule has 2 heterocycles. The van der Waals surface area contributed by atoms with Gasteiger partial charge in [0.2, 0.25) is 11.6 Å². The molecule has 0 aromatic heterocycles. The molecule has 7 heteroatoms. The van der Waals surface area contributed by atoms with Gasteiger partial charge in [-0.3, -0.25) is 4.79 Å². The van der Waals surface area contributed by atoms with Crippen molar-refractivity contribution in [1.29, 1.82) is 0 Å². The predicted molar refractivity (Wildman–Crippen MR) is 128 cm³/mol. The molecule has 0 radical (unpaired) electrons. The van der Waals surface area contributed by atoms with Crippen molar-refractivity contribution in [3.05, 3.63) is 35.4 Å². The number of benzene rings is 1. The van der Waals surface area contributed by atoms with Gasteiger partial charge in [-0.1, -0.05) is 12.1 Å². The highest BCUT2D eigenvalue weighted by atomic mass is 17.4. The Labute approximate surface area is 207 Å². The van der Waals surface area contributed by atoms with E-state index in [1.807, 2.05) is 17.0 Å². The third kappa shape index (κ3) is 3.95. The summed E-state index contributed by atoms with van der Waals surface area (Å²) >= 11 is 0. The third-order valence-electron chi connectivity index (χ3n) is 9.93. The van der Waals surface area contributed by atoms with Crippen molar-refractivity contribution in [2.24, 2.45) is 23.7 Å². The van der Waals surface area contributed by atoms with E-state index in [1.165, 1.54) is 37.7 Å². The van der Waals surface area contributed by atoms with E-state index in [1.54, 1.807) is 0 Å². The Morgan fingerprint density at radius 1 is 0.829 bits per heavy atom. The number of rotatable bonds is 2. The highest BCUT2D eigenvalue weighted by molar-refractivity contribution is 5.94. The van der Waals surface area contributed by atoms with Crippen LogP contribution < -0.4 is 5.32 Å². The molecule has 190 valence electrons. The lowest BCUT2D eigenvalue weighted by molar-refractivity contribution is -0.680. The van der Waals surface area contributed by atoms with Gasteiger partial charge in [0.1, 0.15) is 0 Å². The molecule has 7 aliphatic rings. The zero-order valence-electron chi connectivity index (χ0n) is 20.6. The van der Waals surface area contributed by atoms with Gasteiger partial charge < -0.3 is 10.2 Å². The van der Waals surface area contributed by atoms with Crippen LogP contribution >= 0.6 is 0 Å². The van der Waals surface area contributed by atoms with Crippen LogP contribution in [0.5, 0.6) is 0 Å². The first kappa shape index (κ1) is 22.7. The molecule has 2 aliphatic heterocycles. The molecule has 0 unspecified atom stereocenters. The molecule has 5 saturated carbocycles. The number of hydrogen-bond acceptors (Lipinski definition) is 6. The van der Waals surface area contributed by atoms with E-state index >= 15 is 0 Å². The highest BCUT2D eigenvalue weighted by Gasteiger charge is 2.64. The number of nitrogens with zero attached hydrogens (tertiary/aromatic N) is 1. The number of hydrogen-bond donors (Lipinski definition) is 1. The fraction of sp³-hybridized carbons (Fsp3) is 0.750. The van der Waals surface area contributed by atoms with Gasteiger partial charge in [-0.2, -0.15) is 19.6 Å². The Bertz CT molecular complexity index is 893. The summed E-state index contributed by atoms with van der Waals surface area (Å²) in [5.41, 5.74) is 2.06. The summed E-state index contributed by atoms with van der Waals surface area (Å²) in [7, 11) is 0. The smallest absolute Gasteiger partial charge is 0.253 e. The highest BCUT2D eigenvalue weighted by Crippen LogP contribution is 2.62. The molecule has 2 spiro atoms. The Morgan fingerprint density at radius 3 is 2.14 bits per heavy atom. The lowest BCUT2D eigenvalue weighted by atomic mass is 9.53. The summed E-state index contributed by atoms with van der Waals surface area (Å²) in [6.45, 7) is 3.46. The summed E-state index contributed by atoms with van der Waals surface area (Å²) in [5, 5.41) is 3.36. The van der Waals surface area contributed by atoms with Gasteiger partial charge in [0, 0.05) is 49.9 Å². The maximum atomic E-state index is 12.9. The first-order valence-corrected chi connectivity index (χ1v) is 14.0. The van der Waals surface area contributed by atoms with Crippen LogP contribution in [0.3, 0.4) is 0 Å². The van der Waals surface area contributed by atoms with Crippen molar-refractivity contribution >= 4 is 5.91 Å². The maximum Gasteiger partial charge on any atom is 0.253 e. The van der Waals surface area contributed by atoms with Crippen LogP contribution in [0.25, 0.3) is 0 Å². The van der Waals surface area contributed by atoms with Crippen molar-refractivity contribution in [2.45, 2.75) is 81.7 Å². The molecule has 4 bridgehead atoms. The van der Waals surface area contributed by atoms with Gasteiger partial charge in [0.05, 0.1) is 0 Å². The van der Waals surface area contributed by atoms with Crippen LogP contribution in [0.1, 0.15) is 86.0 Å². The van der Waals surface area contributed by atoms with Gasteiger partial charge in [-0.05, 0) is 93.4 Å². The second-order valence-electron chi connectivity index (χ2n) is 12.1. The molecule has 0 atom stereocenters. The maximum absolute atomic E-state index is 12.9. The van der Waals surface area contributed by atoms with E-state index in [0.717, 1.165) is 75.7 Å². The van der Waals surface area contributed by atoms with Crippen molar-refractivity contribution in [3.63, 3.8) is 0 Å². The zero-order chi connectivity index (χ0) is 23.5. The van der Waals surface area contributed by atoms with E-state index in [9.17, 15) is 4.79 Å². The fourth-order valence-electron chi connectivity index (χ4n) is 8.11. The molecule has 7 nitrogen and oxygen atoms in total. The molecule has 8 rings (SSSR count). The Morgan fingerprint density at radius 2 is 1.49 bits per heavy atom. The van der Waals surface area contributed by atoms with Gasteiger partial charge in [0.25, 0.3) is 5.91 Å². The molecule has 1 aromatic carbocycles. The van der Waals surface area contributed by atoms with E-state index in [-0.39, 0.29) is 5.91 Å². The van der Waals surface area contributed by atoms with Gasteiger partial charge in [0.15, 0.2) is 0 Å². The predicted octanol–water partition coefficient (Wildman–Crippen LogP) is 4.54. The van der Waals surface area contributed by atoms with E-state index in [2.05, 4.69) is 17.4 Å². The van der Waals surface area contributed by atoms with Gasteiger partial charge in [-0.15, -0.1) is 0 Å². The first-order valence-electron chi connectivity index (χ1n) is 14.0. The van der Waals surface area contributed by atoms with Gasteiger partial charge in [-0.25, -0.2) is 0 Å². The van der Waals surface area contributed by atoms with Crippen LogP contribution in [-0.4, -0.2) is 48.6 Å². The van der Waals surface area contributed by atoms with Crippen molar-refractivity contribution in [1.82, 2.24) is 10.2 Å². The summed E-state index contributed by atoms with van der Waals surface area (Å²) < 4.78 is 0. The standard InChI is InChI=1S/C28H38N2O5/c31-26(30-12-1-10-29-11-13-30)23-4-2-21(3-5-23)22-6-8-27(9-7-22)32-34-28(35-33-27)24-15-19-14-20(17-24)18-25(28)16-19/h2-5,19-20,22,24-25,29H,1,6-18H2. The lowest BCUT2D eigenvalue weighted by Gasteiger charge is -2.60. The molecular weight excluding hydrogens is 444 g/mol. The Kier molecular flexibility index (Phi) is 5.70. The van der Waals surface area contributed by atoms with Crippen LogP contribution in [0.2, 0.25) is 0 Å². The topological polar surface area (TPSA) is 69.3 Å². The van der Waals surface area contributed by atoms with E-state index in [0.29, 0.717) is 17.8 Å². The third-order valence-corrected chi connectivity index (χ3v) is 9.93. The van der Waals surface area contributed by atoms with Crippen LogP contribution in [-0.2, 0) is 19.6 Å². The molecule has 5 aliphatic carbocycles.